The van der Waals surface area contributed by atoms with Gasteiger partial charge in [-0.05, 0) is 29.9 Å². The van der Waals surface area contributed by atoms with Gasteiger partial charge in [0.25, 0.3) is 0 Å². The molecule has 1 aliphatic rings. The fourth-order valence-electron chi connectivity index (χ4n) is 2.63. The van der Waals surface area contributed by atoms with Gasteiger partial charge in [0.15, 0.2) is 0 Å². The lowest BCUT2D eigenvalue weighted by atomic mass is 9.86. The molecule has 0 saturated carbocycles. The minimum atomic E-state index is -0.618. The Bertz CT molecular complexity index is 555. The Hall–Kier alpha value is -1.88. The normalized spacial score (nSPS) is 16.5. The average molecular weight is 304 g/mol. The highest BCUT2D eigenvalue weighted by Gasteiger charge is 2.27. The van der Waals surface area contributed by atoms with Crippen LogP contribution < -0.4 is 5.32 Å². The first-order chi connectivity index (χ1) is 10.3. The Balaban J connectivity index is 2.08. The molecule has 2 rings (SSSR count). The smallest absolute Gasteiger partial charge is 0.313 e. The monoisotopic (exact) mass is 304 g/mol. The highest BCUT2D eigenvalue weighted by atomic mass is 16.3. The average Bonchev–Trinajstić information content (AvgIpc) is 2.46. The van der Waals surface area contributed by atoms with Gasteiger partial charge in [0.1, 0.15) is 0 Å². The van der Waals surface area contributed by atoms with E-state index in [9.17, 15) is 14.7 Å². The van der Waals surface area contributed by atoms with E-state index in [1.165, 1.54) is 4.90 Å². The molecule has 0 bridgehead atoms. The van der Waals surface area contributed by atoms with Crippen molar-refractivity contribution >= 4 is 17.5 Å². The molecular formula is C17H24N2O3. The number of hydrogen-bond acceptors (Lipinski definition) is 3. The van der Waals surface area contributed by atoms with Crippen LogP contribution in [0, 0.1) is 0 Å². The molecule has 1 heterocycles. The quantitative estimate of drug-likeness (QED) is 0.779. The standard InChI is InChI=1S/C17H24N2O3/c1-17(2,3)13-6-4-5-7-14(13)18-15(21)16(22)19-10-8-12(20)9-11-19/h4-7,12,20H,8-11H2,1-3H3,(H,18,21). The van der Waals surface area contributed by atoms with Crippen LogP contribution in [0.25, 0.3) is 0 Å². The molecule has 22 heavy (non-hydrogen) atoms. The molecule has 1 aromatic rings. The molecule has 0 unspecified atom stereocenters. The summed E-state index contributed by atoms with van der Waals surface area (Å²) in [5, 5.41) is 12.2. The number of nitrogens with zero attached hydrogens (tertiary/aromatic N) is 1. The predicted molar refractivity (Wildman–Crippen MR) is 85.6 cm³/mol. The van der Waals surface area contributed by atoms with E-state index in [1.807, 2.05) is 24.3 Å². The number of carbonyl (C=O) groups excluding carboxylic acids is 2. The third-order valence-corrected chi connectivity index (χ3v) is 3.93. The summed E-state index contributed by atoms with van der Waals surface area (Å²) in [6, 6.07) is 7.53. The first-order valence-electron chi connectivity index (χ1n) is 7.67. The minimum Gasteiger partial charge on any atom is -0.393 e. The number of piperidine rings is 1. The van der Waals surface area contributed by atoms with Gasteiger partial charge in [0, 0.05) is 18.8 Å². The van der Waals surface area contributed by atoms with E-state index in [-0.39, 0.29) is 11.5 Å². The van der Waals surface area contributed by atoms with Crippen LogP contribution in [0.4, 0.5) is 5.69 Å². The Kier molecular flexibility index (Phi) is 4.86. The molecule has 5 heteroatoms. The van der Waals surface area contributed by atoms with E-state index in [4.69, 9.17) is 0 Å². The minimum absolute atomic E-state index is 0.123. The molecular weight excluding hydrogens is 280 g/mol. The molecule has 2 N–H and O–H groups in total. The van der Waals surface area contributed by atoms with Crippen molar-refractivity contribution in [3.8, 4) is 0 Å². The fourth-order valence-corrected chi connectivity index (χ4v) is 2.63. The summed E-state index contributed by atoms with van der Waals surface area (Å²) in [5.41, 5.74) is 1.54. The number of anilines is 1. The highest BCUT2D eigenvalue weighted by Crippen LogP contribution is 2.29. The summed E-state index contributed by atoms with van der Waals surface area (Å²) >= 11 is 0. The zero-order valence-electron chi connectivity index (χ0n) is 13.4. The number of hydrogen-bond donors (Lipinski definition) is 2. The fraction of sp³-hybridized carbons (Fsp3) is 0.529. The third-order valence-electron chi connectivity index (χ3n) is 3.93. The number of aliphatic hydroxyl groups excluding tert-OH is 1. The second kappa shape index (κ2) is 6.48. The lowest BCUT2D eigenvalue weighted by Gasteiger charge is -2.29. The molecule has 0 aromatic heterocycles. The van der Waals surface area contributed by atoms with Crippen LogP contribution in [-0.2, 0) is 15.0 Å². The molecule has 2 amide bonds. The lowest BCUT2D eigenvalue weighted by Crippen LogP contribution is -2.45. The Morgan fingerprint density at radius 1 is 1.18 bits per heavy atom. The second-order valence-corrected chi connectivity index (χ2v) is 6.77. The number of aliphatic hydroxyl groups is 1. The van der Waals surface area contributed by atoms with Crippen molar-refractivity contribution in [2.75, 3.05) is 18.4 Å². The van der Waals surface area contributed by atoms with Crippen molar-refractivity contribution in [1.82, 2.24) is 4.90 Å². The summed E-state index contributed by atoms with van der Waals surface area (Å²) in [4.78, 5) is 25.9. The maximum atomic E-state index is 12.2. The molecule has 1 aliphatic heterocycles. The zero-order valence-corrected chi connectivity index (χ0v) is 13.4. The zero-order chi connectivity index (χ0) is 16.3. The van der Waals surface area contributed by atoms with E-state index in [1.54, 1.807) is 0 Å². The van der Waals surface area contributed by atoms with E-state index >= 15 is 0 Å². The van der Waals surface area contributed by atoms with Crippen molar-refractivity contribution < 1.29 is 14.7 Å². The second-order valence-electron chi connectivity index (χ2n) is 6.77. The van der Waals surface area contributed by atoms with Crippen molar-refractivity contribution in [2.45, 2.75) is 45.1 Å². The van der Waals surface area contributed by atoms with Gasteiger partial charge in [-0.2, -0.15) is 0 Å². The highest BCUT2D eigenvalue weighted by molar-refractivity contribution is 6.39. The molecule has 0 aliphatic carbocycles. The molecule has 0 spiro atoms. The summed E-state index contributed by atoms with van der Waals surface area (Å²) < 4.78 is 0. The number of rotatable bonds is 1. The maximum absolute atomic E-state index is 12.2. The van der Waals surface area contributed by atoms with Gasteiger partial charge in [0.2, 0.25) is 0 Å². The SMILES string of the molecule is CC(C)(C)c1ccccc1NC(=O)C(=O)N1CCC(O)CC1. The number of nitrogens with one attached hydrogen (secondary N) is 1. The van der Waals surface area contributed by atoms with Gasteiger partial charge >= 0.3 is 11.8 Å². The van der Waals surface area contributed by atoms with Crippen LogP contribution in [0.3, 0.4) is 0 Å². The summed E-state index contributed by atoms with van der Waals surface area (Å²) in [5.74, 6) is -1.15. The van der Waals surface area contributed by atoms with Crippen LogP contribution in [0.1, 0.15) is 39.2 Å². The maximum Gasteiger partial charge on any atom is 0.313 e. The molecule has 1 fully saturated rings. The Morgan fingerprint density at radius 3 is 2.36 bits per heavy atom. The van der Waals surface area contributed by atoms with Gasteiger partial charge < -0.3 is 15.3 Å². The van der Waals surface area contributed by atoms with E-state index in [0.29, 0.717) is 31.6 Å². The number of amides is 2. The number of benzene rings is 1. The summed E-state index contributed by atoms with van der Waals surface area (Å²) in [6.07, 6.45) is 0.684. The van der Waals surface area contributed by atoms with Crippen LogP contribution in [0.15, 0.2) is 24.3 Å². The third kappa shape index (κ3) is 3.85. The van der Waals surface area contributed by atoms with Crippen LogP contribution in [0.2, 0.25) is 0 Å². The van der Waals surface area contributed by atoms with Crippen molar-refractivity contribution in [1.29, 1.82) is 0 Å². The van der Waals surface area contributed by atoms with Gasteiger partial charge in [-0.25, -0.2) is 0 Å². The van der Waals surface area contributed by atoms with Gasteiger partial charge in [-0.15, -0.1) is 0 Å². The van der Waals surface area contributed by atoms with Crippen LogP contribution in [-0.4, -0.2) is 41.0 Å². The van der Waals surface area contributed by atoms with Gasteiger partial charge in [-0.1, -0.05) is 39.0 Å². The topological polar surface area (TPSA) is 69.6 Å². The van der Waals surface area contributed by atoms with Crippen LogP contribution in [0.5, 0.6) is 0 Å². The van der Waals surface area contributed by atoms with E-state index in [2.05, 4.69) is 26.1 Å². The number of likely N-dealkylation sites (tertiary alicyclic amines) is 1. The summed E-state index contributed by atoms with van der Waals surface area (Å²) in [7, 11) is 0. The van der Waals surface area contributed by atoms with Gasteiger partial charge in [-0.3, -0.25) is 9.59 Å². The number of carbonyl (C=O) groups is 2. The van der Waals surface area contributed by atoms with E-state index < -0.39 is 11.8 Å². The van der Waals surface area contributed by atoms with Crippen LogP contribution >= 0.6 is 0 Å². The molecule has 0 atom stereocenters. The van der Waals surface area contributed by atoms with E-state index in [0.717, 1.165) is 5.56 Å². The first-order valence-corrected chi connectivity index (χ1v) is 7.67. The molecule has 1 aromatic carbocycles. The molecule has 120 valence electrons. The lowest BCUT2D eigenvalue weighted by molar-refractivity contribution is -0.144. The van der Waals surface area contributed by atoms with Crippen molar-refractivity contribution in [3.63, 3.8) is 0 Å². The molecule has 1 saturated heterocycles. The Labute approximate surface area is 131 Å². The van der Waals surface area contributed by atoms with Crippen molar-refractivity contribution in [3.05, 3.63) is 29.8 Å². The molecule has 0 radical (unpaired) electrons. The molecule has 5 nitrogen and oxygen atoms in total. The number of para-hydroxylation sites is 1. The Morgan fingerprint density at radius 2 is 1.77 bits per heavy atom. The first kappa shape index (κ1) is 16.5. The van der Waals surface area contributed by atoms with Crippen molar-refractivity contribution in [2.24, 2.45) is 0 Å². The summed E-state index contributed by atoms with van der Waals surface area (Å²) in [6.45, 7) is 7.03. The predicted octanol–water partition coefficient (Wildman–Crippen LogP) is 1.91. The largest absolute Gasteiger partial charge is 0.393 e. The van der Waals surface area contributed by atoms with Gasteiger partial charge in [0.05, 0.1) is 6.10 Å².